The molecule has 2 atom stereocenters. The van der Waals surface area contributed by atoms with E-state index in [1.807, 2.05) is 0 Å². The molecule has 0 amide bonds. The molecule has 0 aromatic carbocycles. The van der Waals surface area contributed by atoms with Gasteiger partial charge in [0.15, 0.2) is 0 Å². The van der Waals surface area contributed by atoms with Crippen molar-refractivity contribution in [1.82, 2.24) is 0 Å². The van der Waals surface area contributed by atoms with E-state index in [0.29, 0.717) is 24.2 Å². The second kappa shape index (κ2) is 6.76. The highest BCUT2D eigenvalue weighted by Gasteiger charge is 2.28. The van der Waals surface area contributed by atoms with Crippen LogP contribution in [0, 0.1) is 22.7 Å². The molecule has 0 spiro atoms. The first-order valence-electron chi connectivity index (χ1n) is 7.51. The van der Waals surface area contributed by atoms with Crippen LogP contribution in [0.3, 0.4) is 0 Å². The van der Waals surface area contributed by atoms with Crippen LogP contribution >= 0.6 is 7.37 Å². The van der Waals surface area contributed by atoms with Crippen LogP contribution in [0.25, 0.3) is 0 Å². The van der Waals surface area contributed by atoms with E-state index in [0.717, 1.165) is 12.8 Å². The standard InChI is InChI=1S/C16H35O2P/c1-13(9-15(3,4)5)11-19(17,18)12-14(2)10-16(6,7)8/h13-14H,9-12H2,1-8H3,(H,17,18)/t13-,14-/m1/s1. The van der Waals surface area contributed by atoms with Gasteiger partial charge in [-0.05, 0) is 35.5 Å². The van der Waals surface area contributed by atoms with Crippen molar-refractivity contribution in [3.8, 4) is 0 Å². The second-order valence-electron chi connectivity index (χ2n) is 8.95. The molecule has 0 fully saturated rings. The summed E-state index contributed by atoms with van der Waals surface area (Å²) < 4.78 is 12.4. The molecule has 1 N–H and O–H groups in total. The second-order valence-corrected chi connectivity index (χ2v) is 11.4. The maximum absolute atomic E-state index is 12.4. The molecule has 0 rings (SSSR count). The van der Waals surface area contributed by atoms with Crippen molar-refractivity contribution in [2.24, 2.45) is 22.7 Å². The molecule has 0 radical (unpaired) electrons. The summed E-state index contributed by atoms with van der Waals surface area (Å²) in [6, 6.07) is 0. The van der Waals surface area contributed by atoms with Gasteiger partial charge in [-0.25, -0.2) is 0 Å². The summed E-state index contributed by atoms with van der Waals surface area (Å²) in [6.45, 7) is 17.3. The first kappa shape index (κ1) is 19.2. The van der Waals surface area contributed by atoms with Gasteiger partial charge in [-0.2, -0.15) is 0 Å². The lowest BCUT2D eigenvalue weighted by Crippen LogP contribution is -2.18. The van der Waals surface area contributed by atoms with E-state index in [9.17, 15) is 9.46 Å². The molecule has 0 aliphatic heterocycles. The van der Waals surface area contributed by atoms with Crippen molar-refractivity contribution in [3.63, 3.8) is 0 Å². The molecule has 0 aromatic heterocycles. The van der Waals surface area contributed by atoms with Gasteiger partial charge in [-0.1, -0.05) is 55.4 Å². The Morgan fingerprint density at radius 2 is 1.11 bits per heavy atom. The summed E-state index contributed by atoms with van der Waals surface area (Å²) in [5.74, 6) is 0.635. The highest BCUT2D eigenvalue weighted by atomic mass is 31.2. The van der Waals surface area contributed by atoms with Crippen LogP contribution in [0.2, 0.25) is 0 Å². The molecule has 3 heteroatoms. The number of hydrogen-bond donors (Lipinski definition) is 1. The molecule has 0 aliphatic rings. The first-order valence-corrected chi connectivity index (χ1v) is 9.54. The fraction of sp³-hybridized carbons (Fsp3) is 1.00. The maximum Gasteiger partial charge on any atom is 0.201 e. The van der Waals surface area contributed by atoms with Gasteiger partial charge in [0.05, 0.1) is 0 Å². The van der Waals surface area contributed by atoms with Crippen molar-refractivity contribution in [1.29, 1.82) is 0 Å². The van der Waals surface area contributed by atoms with Crippen molar-refractivity contribution < 1.29 is 9.46 Å². The molecule has 116 valence electrons. The summed E-state index contributed by atoms with van der Waals surface area (Å²) in [5.41, 5.74) is 0.465. The smallest absolute Gasteiger partial charge is 0.201 e. The summed E-state index contributed by atoms with van der Waals surface area (Å²) >= 11 is 0. The van der Waals surface area contributed by atoms with Gasteiger partial charge in [-0.15, -0.1) is 0 Å². The molecular weight excluding hydrogens is 255 g/mol. The van der Waals surface area contributed by atoms with Gasteiger partial charge in [0.1, 0.15) is 0 Å². The Hall–Kier alpha value is 0.190. The Labute approximate surface area is 120 Å². The molecule has 0 aliphatic carbocycles. The van der Waals surface area contributed by atoms with Gasteiger partial charge in [-0.3, -0.25) is 4.57 Å². The molecular formula is C16H35O2P. The van der Waals surface area contributed by atoms with Crippen LogP contribution < -0.4 is 0 Å². The van der Waals surface area contributed by atoms with E-state index >= 15 is 0 Å². The minimum Gasteiger partial charge on any atom is -0.344 e. The molecule has 0 saturated carbocycles. The quantitative estimate of drug-likeness (QED) is 0.665. The average molecular weight is 290 g/mol. The van der Waals surface area contributed by atoms with E-state index in [1.165, 1.54) is 0 Å². The minimum atomic E-state index is -2.98. The zero-order valence-corrected chi connectivity index (χ0v) is 15.2. The van der Waals surface area contributed by atoms with Crippen molar-refractivity contribution in [3.05, 3.63) is 0 Å². The van der Waals surface area contributed by atoms with Crippen molar-refractivity contribution >= 4 is 7.37 Å². The highest BCUT2D eigenvalue weighted by molar-refractivity contribution is 7.58. The number of rotatable bonds is 6. The van der Waals surface area contributed by atoms with E-state index in [4.69, 9.17) is 0 Å². The third-order valence-corrected chi connectivity index (χ3v) is 5.50. The lowest BCUT2D eigenvalue weighted by molar-refractivity contribution is 0.309. The van der Waals surface area contributed by atoms with E-state index in [-0.39, 0.29) is 10.8 Å². The minimum absolute atomic E-state index is 0.233. The Bertz CT molecular complexity index is 282. The highest BCUT2D eigenvalue weighted by Crippen LogP contribution is 2.47. The van der Waals surface area contributed by atoms with Crippen LogP contribution in [0.15, 0.2) is 0 Å². The molecule has 19 heavy (non-hydrogen) atoms. The SMILES string of the molecule is C[C@H](CC(C)(C)C)CP(=O)(O)C[C@H](C)CC(C)(C)C. The molecule has 0 unspecified atom stereocenters. The lowest BCUT2D eigenvalue weighted by atomic mass is 9.86. The van der Waals surface area contributed by atoms with Gasteiger partial charge in [0.2, 0.25) is 7.37 Å². The average Bonchev–Trinajstić information content (AvgIpc) is 1.89. The fourth-order valence-electron chi connectivity index (χ4n) is 3.27. The van der Waals surface area contributed by atoms with Crippen LogP contribution in [-0.2, 0) is 4.57 Å². The molecule has 0 aromatic rings. The van der Waals surface area contributed by atoms with E-state index < -0.39 is 7.37 Å². The summed E-state index contributed by atoms with van der Waals surface area (Å²) in [6.07, 6.45) is 2.95. The maximum atomic E-state index is 12.4. The molecule has 2 nitrogen and oxygen atoms in total. The third-order valence-electron chi connectivity index (χ3n) is 3.12. The Morgan fingerprint density at radius 3 is 1.32 bits per heavy atom. The van der Waals surface area contributed by atoms with Crippen molar-refractivity contribution in [2.75, 3.05) is 12.3 Å². The largest absolute Gasteiger partial charge is 0.344 e. The van der Waals surface area contributed by atoms with Crippen LogP contribution in [0.4, 0.5) is 0 Å². The predicted octanol–water partition coefficient (Wildman–Crippen LogP) is 5.40. The Morgan fingerprint density at radius 1 is 0.842 bits per heavy atom. The van der Waals surface area contributed by atoms with Crippen molar-refractivity contribution in [2.45, 2.75) is 68.2 Å². The third kappa shape index (κ3) is 11.7. The molecule has 0 saturated heterocycles. The molecule has 0 bridgehead atoms. The monoisotopic (exact) mass is 290 g/mol. The summed E-state index contributed by atoms with van der Waals surface area (Å²) in [4.78, 5) is 10.2. The number of hydrogen-bond acceptors (Lipinski definition) is 1. The predicted molar refractivity (Wildman–Crippen MR) is 86.0 cm³/mol. The van der Waals surface area contributed by atoms with Crippen LogP contribution in [0.1, 0.15) is 68.2 Å². The van der Waals surface area contributed by atoms with Gasteiger partial charge in [0.25, 0.3) is 0 Å². The zero-order chi connectivity index (χ0) is 15.5. The molecule has 0 heterocycles. The summed E-state index contributed by atoms with van der Waals surface area (Å²) in [5, 5.41) is 0. The topological polar surface area (TPSA) is 37.3 Å². The van der Waals surface area contributed by atoms with E-state index in [1.54, 1.807) is 0 Å². The van der Waals surface area contributed by atoms with Gasteiger partial charge in [0, 0.05) is 12.3 Å². The van der Waals surface area contributed by atoms with E-state index in [2.05, 4.69) is 55.4 Å². The van der Waals surface area contributed by atoms with Crippen LogP contribution in [-0.4, -0.2) is 17.2 Å². The first-order chi connectivity index (χ1) is 8.20. The Balaban J connectivity index is 4.36. The fourth-order valence-corrected chi connectivity index (χ4v) is 5.62. The van der Waals surface area contributed by atoms with Crippen LogP contribution in [0.5, 0.6) is 0 Å². The normalized spacial score (nSPS) is 17.3. The zero-order valence-electron chi connectivity index (χ0n) is 14.3. The Kier molecular flexibility index (Phi) is 6.83. The van der Waals surface area contributed by atoms with Gasteiger partial charge >= 0.3 is 0 Å². The lowest BCUT2D eigenvalue weighted by Gasteiger charge is -2.27. The van der Waals surface area contributed by atoms with Gasteiger partial charge < -0.3 is 4.89 Å². The summed E-state index contributed by atoms with van der Waals surface area (Å²) in [7, 11) is -2.98.